The van der Waals surface area contributed by atoms with Gasteiger partial charge in [-0.25, -0.2) is 0 Å². The highest BCUT2D eigenvalue weighted by atomic mass is 127. The first-order chi connectivity index (χ1) is 8.16. The van der Waals surface area contributed by atoms with E-state index in [9.17, 15) is 4.79 Å². The van der Waals surface area contributed by atoms with E-state index in [1.165, 1.54) is 12.1 Å². The standard InChI is InChI=1S/C13H15IN2O/c1-8-3-2-6-16-11-5-4-9(14)7-10(11)15-13(17)12(8)16/h4-5,7-8,12H,2-3,6H2,1H3,(H,15,17). The van der Waals surface area contributed by atoms with Gasteiger partial charge in [0.1, 0.15) is 6.04 Å². The maximum Gasteiger partial charge on any atom is 0.247 e. The predicted molar refractivity (Wildman–Crippen MR) is 77.3 cm³/mol. The van der Waals surface area contributed by atoms with Crippen molar-refractivity contribution < 1.29 is 4.79 Å². The van der Waals surface area contributed by atoms with Crippen LogP contribution in [0, 0.1) is 9.49 Å². The zero-order chi connectivity index (χ0) is 12.0. The van der Waals surface area contributed by atoms with Gasteiger partial charge >= 0.3 is 0 Å². The molecule has 3 nitrogen and oxygen atoms in total. The first-order valence-electron chi connectivity index (χ1n) is 6.04. The summed E-state index contributed by atoms with van der Waals surface area (Å²) >= 11 is 2.27. The van der Waals surface area contributed by atoms with E-state index in [1.54, 1.807) is 0 Å². The summed E-state index contributed by atoms with van der Waals surface area (Å²) in [7, 11) is 0. The molecule has 1 N–H and O–H groups in total. The third kappa shape index (κ3) is 1.82. The van der Waals surface area contributed by atoms with E-state index in [-0.39, 0.29) is 11.9 Å². The number of hydrogen-bond acceptors (Lipinski definition) is 2. The molecule has 2 aliphatic rings. The van der Waals surface area contributed by atoms with Crippen LogP contribution in [0.4, 0.5) is 11.4 Å². The molecule has 0 bridgehead atoms. The quantitative estimate of drug-likeness (QED) is 0.736. The molecule has 1 saturated heterocycles. The van der Waals surface area contributed by atoms with Crippen LogP contribution < -0.4 is 10.2 Å². The van der Waals surface area contributed by atoms with Crippen LogP contribution in [-0.4, -0.2) is 18.5 Å². The summed E-state index contributed by atoms with van der Waals surface area (Å²) in [6, 6.07) is 6.30. The topological polar surface area (TPSA) is 32.3 Å². The van der Waals surface area contributed by atoms with Crippen LogP contribution in [0.1, 0.15) is 19.8 Å². The number of carbonyl (C=O) groups is 1. The molecule has 4 heteroatoms. The van der Waals surface area contributed by atoms with Crippen LogP contribution in [0.15, 0.2) is 18.2 Å². The summed E-state index contributed by atoms with van der Waals surface area (Å²) in [6.07, 6.45) is 2.32. The Balaban J connectivity index is 2.07. The second kappa shape index (κ2) is 4.15. The number of piperidine rings is 1. The van der Waals surface area contributed by atoms with Crippen molar-refractivity contribution in [3.05, 3.63) is 21.8 Å². The Kier molecular flexibility index (Phi) is 2.77. The molecule has 2 heterocycles. The van der Waals surface area contributed by atoms with Gasteiger partial charge in [0.15, 0.2) is 0 Å². The minimum absolute atomic E-state index is 0.0244. The Morgan fingerprint density at radius 2 is 2.29 bits per heavy atom. The van der Waals surface area contributed by atoms with Crippen LogP contribution in [0.3, 0.4) is 0 Å². The number of anilines is 2. The number of halogens is 1. The number of rotatable bonds is 0. The highest BCUT2D eigenvalue weighted by Gasteiger charge is 2.38. The van der Waals surface area contributed by atoms with Crippen molar-refractivity contribution in [3.63, 3.8) is 0 Å². The van der Waals surface area contributed by atoms with Crippen LogP contribution in [0.2, 0.25) is 0 Å². The lowest BCUT2D eigenvalue weighted by atomic mass is 9.88. The average molecular weight is 342 g/mol. The van der Waals surface area contributed by atoms with Gasteiger partial charge < -0.3 is 10.2 Å². The Morgan fingerprint density at radius 3 is 3.12 bits per heavy atom. The lowest BCUT2D eigenvalue weighted by Crippen LogP contribution is -2.54. The van der Waals surface area contributed by atoms with Crippen LogP contribution in [0.25, 0.3) is 0 Å². The zero-order valence-electron chi connectivity index (χ0n) is 9.74. The monoisotopic (exact) mass is 342 g/mol. The third-order valence-electron chi connectivity index (χ3n) is 3.73. The van der Waals surface area contributed by atoms with Gasteiger partial charge in [-0.05, 0) is 59.5 Å². The molecule has 0 aliphatic carbocycles. The Labute approximate surface area is 115 Å². The number of carbonyl (C=O) groups excluding carboxylic acids is 1. The van der Waals surface area contributed by atoms with E-state index in [4.69, 9.17) is 0 Å². The first kappa shape index (κ1) is 11.3. The van der Waals surface area contributed by atoms with Crippen molar-refractivity contribution in [2.24, 2.45) is 5.92 Å². The van der Waals surface area contributed by atoms with Crippen molar-refractivity contribution in [3.8, 4) is 0 Å². The highest BCUT2D eigenvalue weighted by Crippen LogP contribution is 2.38. The number of fused-ring (bicyclic) bond motifs is 3. The second-order valence-electron chi connectivity index (χ2n) is 4.91. The van der Waals surface area contributed by atoms with Crippen molar-refractivity contribution >= 4 is 39.9 Å². The highest BCUT2D eigenvalue weighted by molar-refractivity contribution is 14.1. The van der Waals surface area contributed by atoms with Crippen molar-refractivity contribution in [2.75, 3.05) is 16.8 Å². The van der Waals surface area contributed by atoms with E-state index in [0.717, 1.165) is 22.2 Å². The smallest absolute Gasteiger partial charge is 0.247 e. The fourth-order valence-electron chi connectivity index (χ4n) is 2.92. The van der Waals surface area contributed by atoms with E-state index in [0.29, 0.717) is 5.92 Å². The lowest BCUT2D eigenvalue weighted by Gasteiger charge is -2.44. The maximum absolute atomic E-state index is 12.2. The van der Waals surface area contributed by atoms with Gasteiger partial charge in [-0.3, -0.25) is 4.79 Å². The van der Waals surface area contributed by atoms with Crippen LogP contribution >= 0.6 is 22.6 Å². The van der Waals surface area contributed by atoms with E-state index < -0.39 is 0 Å². The van der Waals surface area contributed by atoms with E-state index in [2.05, 4.69) is 51.9 Å². The summed E-state index contributed by atoms with van der Waals surface area (Å²) < 4.78 is 1.16. The summed E-state index contributed by atoms with van der Waals surface area (Å²) in [4.78, 5) is 14.4. The average Bonchev–Trinajstić information content (AvgIpc) is 2.28. The first-order valence-corrected chi connectivity index (χ1v) is 7.12. The molecule has 2 aliphatic heterocycles. The molecule has 1 aromatic carbocycles. The Bertz CT molecular complexity index is 474. The SMILES string of the molecule is CC1CCCN2c3ccc(I)cc3NC(=O)C12. The molecule has 90 valence electrons. The third-order valence-corrected chi connectivity index (χ3v) is 4.40. The molecule has 0 saturated carbocycles. The molecule has 0 aromatic heterocycles. The molecule has 2 unspecified atom stereocenters. The van der Waals surface area contributed by atoms with E-state index in [1.807, 2.05) is 6.07 Å². The Hall–Kier alpha value is -0.780. The molecular weight excluding hydrogens is 327 g/mol. The molecule has 1 fully saturated rings. The van der Waals surface area contributed by atoms with Gasteiger partial charge in [0.25, 0.3) is 0 Å². The van der Waals surface area contributed by atoms with Crippen molar-refractivity contribution in [2.45, 2.75) is 25.8 Å². The van der Waals surface area contributed by atoms with Gasteiger partial charge in [0.05, 0.1) is 11.4 Å². The summed E-state index contributed by atoms with van der Waals surface area (Å²) in [6.45, 7) is 3.17. The minimum atomic E-state index is 0.0244. The van der Waals surface area contributed by atoms with Crippen molar-refractivity contribution in [1.82, 2.24) is 0 Å². The maximum atomic E-state index is 12.2. The molecular formula is C13H15IN2O. The number of hydrogen-bond donors (Lipinski definition) is 1. The van der Waals surface area contributed by atoms with Gasteiger partial charge in [-0.2, -0.15) is 0 Å². The summed E-state index contributed by atoms with van der Waals surface area (Å²) in [5, 5.41) is 3.04. The van der Waals surface area contributed by atoms with Crippen molar-refractivity contribution in [1.29, 1.82) is 0 Å². The van der Waals surface area contributed by atoms with Crippen LogP contribution in [-0.2, 0) is 4.79 Å². The molecule has 0 radical (unpaired) electrons. The molecule has 0 spiro atoms. The van der Waals surface area contributed by atoms with E-state index >= 15 is 0 Å². The molecule has 1 amide bonds. The molecule has 1 aromatic rings. The van der Waals surface area contributed by atoms with Gasteiger partial charge in [0, 0.05) is 10.1 Å². The number of amides is 1. The molecule has 2 atom stereocenters. The largest absolute Gasteiger partial charge is 0.358 e. The van der Waals surface area contributed by atoms with Gasteiger partial charge in [-0.1, -0.05) is 6.92 Å². The second-order valence-corrected chi connectivity index (χ2v) is 6.15. The normalized spacial score (nSPS) is 27.2. The number of nitrogens with one attached hydrogen (secondary N) is 1. The fraction of sp³-hybridized carbons (Fsp3) is 0.462. The molecule has 17 heavy (non-hydrogen) atoms. The Morgan fingerprint density at radius 1 is 1.47 bits per heavy atom. The van der Waals surface area contributed by atoms with Gasteiger partial charge in [0.2, 0.25) is 5.91 Å². The molecule has 3 rings (SSSR count). The predicted octanol–water partition coefficient (Wildman–Crippen LogP) is 2.85. The van der Waals surface area contributed by atoms with Crippen LogP contribution in [0.5, 0.6) is 0 Å². The fourth-order valence-corrected chi connectivity index (χ4v) is 3.41. The number of benzene rings is 1. The summed E-state index contributed by atoms with van der Waals surface area (Å²) in [5.41, 5.74) is 2.15. The minimum Gasteiger partial charge on any atom is -0.358 e. The summed E-state index contributed by atoms with van der Waals surface area (Å²) in [5.74, 6) is 0.600. The lowest BCUT2D eigenvalue weighted by molar-refractivity contribution is -0.119. The van der Waals surface area contributed by atoms with Gasteiger partial charge in [-0.15, -0.1) is 0 Å². The number of nitrogens with zero attached hydrogens (tertiary/aromatic N) is 1. The zero-order valence-corrected chi connectivity index (χ0v) is 11.9.